The number of nitrogens with zero attached hydrogens (tertiary/aromatic N) is 1. The van der Waals surface area contributed by atoms with E-state index in [0.29, 0.717) is 12.0 Å². The first-order valence-electron chi connectivity index (χ1n) is 8.38. The first-order chi connectivity index (χ1) is 8.88. The molecule has 7 unspecified atom stereocenters. The van der Waals surface area contributed by atoms with Gasteiger partial charge in [-0.3, -0.25) is 4.90 Å². The average molecular weight is 266 g/mol. The van der Waals surface area contributed by atoms with Gasteiger partial charge in [0.1, 0.15) is 0 Å². The molecule has 2 nitrogen and oxygen atoms in total. The van der Waals surface area contributed by atoms with Crippen molar-refractivity contribution in [3.63, 3.8) is 0 Å². The van der Waals surface area contributed by atoms with Crippen LogP contribution in [0, 0.1) is 29.6 Å². The van der Waals surface area contributed by atoms with Crippen LogP contribution in [0.15, 0.2) is 0 Å². The lowest BCUT2D eigenvalue weighted by Gasteiger charge is -2.46. The topological polar surface area (TPSA) is 29.3 Å². The summed E-state index contributed by atoms with van der Waals surface area (Å²) >= 11 is 0. The van der Waals surface area contributed by atoms with Crippen LogP contribution in [0.1, 0.15) is 53.9 Å². The molecule has 0 radical (unpaired) electrons. The quantitative estimate of drug-likeness (QED) is 0.830. The lowest BCUT2D eigenvalue weighted by Crippen LogP contribution is -2.52. The number of nitrogens with two attached hydrogens (primary N) is 1. The van der Waals surface area contributed by atoms with Crippen molar-refractivity contribution in [2.24, 2.45) is 35.3 Å². The Morgan fingerprint density at radius 1 is 0.895 bits per heavy atom. The minimum absolute atomic E-state index is 0.415. The summed E-state index contributed by atoms with van der Waals surface area (Å²) < 4.78 is 0. The molecule has 1 saturated heterocycles. The van der Waals surface area contributed by atoms with Crippen LogP contribution in [-0.4, -0.2) is 30.1 Å². The Bertz CT molecular complexity index is 279. The minimum Gasteiger partial charge on any atom is -0.327 e. The molecule has 19 heavy (non-hydrogen) atoms. The van der Waals surface area contributed by atoms with E-state index in [-0.39, 0.29) is 0 Å². The Balaban J connectivity index is 1.99. The zero-order valence-corrected chi connectivity index (χ0v) is 13.6. The van der Waals surface area contributed by atoms with E-state index in [1.807, 2.05) is 0 Å². The molecule has 112 valence electrons. The largest absolute Gasteiger partial charge is 0.327 e. The van der Waals surface area contributed by atoms with Crippen molar-refractivity contribution in [1.82, 2.24) is 4.90 Å². The van der Waals surface area contributed by atoms with Crippen molar-refractivity contribution in [3.8, 4) is 0 Å². The van der Waals surface area contributed by atoms with Crippen LogP contribution in [0.4, 0.5) is 0 Å². The maximum Gasteiger partial charge on any atom is 0.00929 e. The van der Waals surface area contributed by atoms with Gasteiger partial charge in [-0.25, -0.2) is 0 Å². The summed E-state index contributed by atoms with van der Waals surface area (Å²) in [6, 6.07) is 1.15. The van der Waals surface area contributed by atoms with Crippen molar-refractivity contribution in [1.29, 1.82) is 0 Å². The third-order valence-corrected chi connectivity index (χ3v) is 5.89. The Morgan fingerprint density at radius 2 is 1.53 bits per heavy atom. The summed E-state index contributed by atoms with van der Waals surface area (Å²) in [7, 11) is 0. The number of hydrogen-bond acceptors (Lipinski definition) is 2. The molecule has 0 aromatic heterocycles. The maximum absolute atomic E-state index is 6.47. The average Bonchev–Trinajstić information content (AvgIpc) is 2.29. The fraction of sp³-hybridized carbons (Fsp3) is 1.00. The SMILES string of the molecule is CC1CC(C)C(CN2CC(C)CC(C)C2C)C(N)C1. The van der Waals surface area contributed by atoms with Crippen molar-refractivity contribution in [3.05, 3.63) is 0 Å². The number of rotatable bonds is 2. The van der Waals surface area contributed by atoms with Crippen LogP contribution >= 0.6 is 0 Å². The summed E-state index contributed by atoms with van der Waals surface area (Å²) in [6.07, 6.45) is 3.98. The summed E-state index contributed by atoms with van der Waals surface area (Å²) in [5.74, 6) is 3.99. The highest BCUT2D eigenvalue weighted by Gasteiger charge is 2.36. The number of likely N-dealkylation sites (tertiary alicyclic amines) is 1. The lowest BCUT2D eigenvalue weighted by atomic mass is 9.72. The molecule has 2 heteroatoms. The van der Waals surface area contributed by atoms with Crippen LogP contribution in [0.3, 0.4) is 0 Å². The van der Waals surface area contributed by atoms with Gasteiger partial charge in [0, 0.05) is 25.2 Å². The van der Waals surface area contributed by atoms with Gasteiger partial charge in [-0.05, 0) is 55.8 Å². The number of hydrogen-bond donors (Lipinski definition) is 1. The third kappa shape index (κ3) is 3.52. The summed E-state index contributed by atoms with van der Waals surface area (Å²) in [5.41, 5.74) is 6.47. The Morgan fingerprint density at radius 3 is 2.16 bits per heavy atom. The molecule has 1 aliphatic heterocycles. The molecule has 0 amide bonds. The molecule has 7 atom stereocenters. The molecule has 2 aliphatic rings. The van der Waals surface area contributed by atoms with E-state index in [2.05, 4.69) is 39.5 Å². The molecule has 0 aromatic carbocycles. The predicted molar refractivity (Wildman–Crippen MR) is 83.0 cm³/mol. The molecule has 0 aromatic rings. The zero-order chi connectivity index (χ0) is 14.2. The van der Waals surface area contributed by atoms with Crippen LogP contribution < -0.4 is 5.73 Å². The van der Waals surface area contributed by atoms with Crippen molar-refractivity contribution >= 4 is 0 Å². The van der Waals surface area contributed by atoms with E-state index in [9.17, 15) is 0 Å². The van der Waals surface area contributed by atoms with E-state index in [4.69, 9.17) is 5.73 Å². The van der Waals surface area contributed by atoms with Crippen molar-refractivity contribution in [2.45, 2.75) is 66.0 Å². The first kappa shape index (κ1) is 15.3. The second kappa shape index (κ2) is 6.13. The number of piperidine rings is 1. The molecule has 2 rings (SSSR count). The highest BCUT2D eigenvalue weighted by Crippen LogP contribution is 2.35. The van der Waals surface area contributed by atoms with Gasteiger partial charge in [0.05, 0.1) is 0 Å². The van der Waals surface area contributed by atoms with Gasteiger partial charge in [0.15, 0.2) is 0 Å². The molecule has 1 saturated carbocycles. The van der Waals surface area contributed by atoms with E-state index in [1.54, 1.807) is 0 Å². The van der Waals surface area contributed by atoms with Gasteiger partial charge in [0.25, 0.3) is 0 Å². The summed E-state index contributed by atoms with van der Waals surface area (Å²) in [4.78, 5) is 2.73. The highest BCUT2D eigenvalue weighted by molar-refractivity contribution is 4.90. The van der Waals surface area contributed by atoms with Crippen molar-refractivity contribution in [2.75, 3.05) is 13.1 Å². The van der Waals surface area contributed by atoms with Gasteiger partial charge in [-0.2, -0.15) is 0 Å². The molecule has 0 spiro atoms. The van der Waals surface area contributed by atoms with Gasteiger partial charge >= 0.3 is 0 Å². The molecular formula is C17H34N2. The fourth-order valence-corrected chi connectivity index (χ4v) is 4.63. The molecule has 2 fully saturated rings. The Kier molecular flexibility index (Phi) is 4.94. The van der Waals surface area contributed by atoms with E-state index < -0.39 is 0 Å². The van der Waals surface area contributed by atoms with Crippen LogP contribution in [0.5, 0.6) is 0 Å². The van der Waals surface area contributed by atoms with E-state index in [1.165, 1.54) is 32.4 Å². The van der Waals surface area contributed by atoms with Gasteiger partial charge in [0.2, 0.25) is 0 Å². The smallest absolute Gasteiger partial charge is 0.00929 e. The molecule has 2 N–H and O–H groups in total. The van der Waals surface area contributed by atoms with Crippen LogP contribution in [0.2, 0.25) is 0 Å². The maximum atomic E-state index is 6.47. The first-order valence-corrected chi connectivity index (χ1v) is 8.38. The standard InChI is InChI=1S/C17H34N2/c1-11-6-14(4)16(17(18)8-11)10-19-9-12(2)7-13(3)15(19)5/h11-17H,6-10,18H2,1-5H3. The lowest BCUT2D eigenvalue weighted by molar-refractivity contribution is 0.0359. The van der Waals surface area contributed by atoms with Gasteiger partial charge in [-0.1, -0.05) is 27.7 Å². The normalized spacial score (nSPS) is 49.3. The Hall–Kier alpha value is -0.0800. The molecule has 1 heterocycles. The molecular weight excluding hydrogens is 232 g/mol. The fourth-order valence-electron chi connectivity index (χ4n) is 4.63. The summed E-state index contributed by atoms with van der Waals surface area (Å²) in [5, 5.41) is 0. The second-order valence-electron chi connectivity index (χ2n) is 7.89. The second-order valence-corrected chi connectivity index (χ2v) is 7.89. The predicted octanol–water partition coefficient (Wildman–Crippen LogP) is 3.36. The summed E-state index contributed by atoms with van der Waals surface area (Å²) in [6.45, 7) is 14.5. The minimum atomic E-state index is 0.415. The van der Waals surface area contributed by atoms with Crippen LogP contribution in [0.25, 0.3) is 0 Å². The molecule has 1 aliphatic carbocycles. The van der Waals surface area contributed by atoms with Crippen molar-refractivity contribution < 1.29 is 0 Å². The van der Waals surface area contributed by atoms with Gasteiger partial charge < -0.3 is 5.73 Å². The van der Waals surface area contributed by atoms with Crippen LogP contribution in [-0.2, 0) is 0 Å². The Labute approximate surface area is 120 Å². The molecule has 0 bridgehead atoms. The van der Waals surface area contributed by atoms with E-state index >= 15 is 0 Å². The monoisotopic (exact) mass is 266 g/mol. The van der Waals surface area contributed by atoms with E-state index in [0.717, 1.165) is 29.7 Å². The van der Waals surface area contributed by atoms with Gasteiger partial charge in [-0.15, -0.1) is 0 Å². The third-order valence-electron chi connectivity index (χ3n) is 5.89. The highest BCUT2D eigenvalue weighted by atomic mass is 15.2. The zero-order valence-electron chi connectivity index (χ0n) is 13.6.